The van der Waals surface area contributed by atoms with Gasteiger partial charge in [-0.25, -0.2) is 0 Å². The lowest BCUT2D eigenvalue weighted by molar-refractivity contribution is -0.138. The zero-order valence-electron chi connectivity index (χ0n) is 10.2. The molecule has 2 aliphatic rings. The molecule has 0 spiro atoms. The maximum atomic E-state index is 10.1. The van der Waals surface area contributed by atoms with E-state index in [1.54, 1.807) is 6.92 Å². The second-order valence-corrected chi connectivity index (χ2v) is 5.73. The minimum atomic E-state index is -0.959. The fraction of sp³-hybridized carbons (Fsp3) is 0.727. The van der Waals surface area contributed by atoms with Gasteiger partial charge in [-0.05, 0) is 12.5 Å². The molecule has 17 heavy (non-hydrogen) atoms. The molecule has 0 aromatic rings. The number of hydrogen-bond acceptors (Lipinski definition) is 6. The maximum Gasteiger partial charge on any atom is 0.161 e. The average Bonchev–Trinajstić information content (AvgIpc) is 2.67. The molecule has 1 saturated heterocycles. The molecule has 2 aliphatic heterocycles. The van der Waals surface area contributed by atoms with Crippen molar-refractivity contribution in [3.63, 3.8) is 0 Å². The van der Waals surface area contributed by atoms with Crippen LogP contribution in [0.4, 0.5) is 0 Å². The van der Waals surface area contributed by atoms with Crippen molar-refractivity contribution in [2.24, 2.45) is 4.99 Å². The van der Waals surface area contributed by atoms with E-state index in [2.05, 4.69) is 11.6 Å². The fourth-order valence-corrected chi connectivity index (χ4v) is 3.11. The molecule has 0 radical (unpaired) electrons. The third-order valence-corrected chi connectivity index (χ3v) is 4.22. The minimum absolute atomic E-state index is 0.243. The topological polar surface area (TPSA) is 65.3 Å². The SMILES string of the molecule is C=C(C)[C@H]1O[C@@H]2SC(N(C)C)=N[C@@H]2C(O)[C@@H]1O. The van der Waals surface area contributed by atoms with Crippen LogP contribution in [0.1, 0.15) is 6.92 Å². The number of aliphatic imine (C=N–C) groups is 1. The minimum Gasteiger partial charge on any atom is -0.388 e. The van der Waals surface area contributed by atoms with Gasteiger partial charge in [0.2, 0.25) is 0 Å². The third-order valence-electron chi connectivity index (χ3n) is 2.92. The largest absolute Gasteiger partial charge is 0.388 e. The van der Waals surface area contributed by atoms with Gasteiger partial charge >= 0.3 is 0 Å². The molecule has 2 N–H and O–H groups in total. The zero-order chi connectivity index (χ0) is 12.7. The standard InChI is InChI=1S/C11H18N2O3S/c1-5(2)9-8(15)7(14)6-10(16-9)17-11(12-6)13(3)4/h6-10,14-15H,1H2,2-4H3/t6-,7?,8+,9-,10-/m1/s1. The smallest absolute Gasteiger partial charge is 0.161 e. The Kier molecular flexibility index (Phi) is 3.49. The summed E-state index contributed by atoms with van der Waals surface area (Å²) in [6.07, 6.45) is -2.38. The normalized spacial score (nSPS) is 40.8. The van der Waals surface area contributed by atoms with Gasteiger partial charge in [-0.2, -0.15) is 0 Å². The van der Waals surface area contributed by atoms with Gasteiger partial charge in [-0.3, -0.25) is 4.99 Å². The summed E-state index contributed by atoms with van der Waals surface area (Å²) in [5.74, 6) is 0. The first-order valence-corrected chi connectivity index (χ1v) is 6.38. The van der Waals surface area contributed by atoms with E-state index in [0.717, 1.165) is 5.17 Å². The van der Waals surface area contributed by atoms with Gasteiger partial charge in [0.1, 0.15) is 29.8 Å². The van der Waals surface area contributed by atoms with E-state index < -0.39 is 24.4 Å². The van der Waals surface area contributed by atoms with Gasteiger partial charge < -0.3 is 19.8 Å². The van der Waals surface area contributed by atoms with Crippen molar-refractivity contribution in [2.75, 3.05) is 14.1 Å². The Balaban J connectivity index is 2.18. The highest BCUT2D eigenvalue weighted by Crippen LogP contribution is 2.38. The van der Waals surface area contributed by atoms with E-state index in [1.165, 1.54) is 11.8 Å². The van der Waals surface area contributed by atoms with Crippen molar-refractivity contribution < 1.29 is 14.9 Å². The van der Waals surface area contributed by atoms with E-state index in [-0.39, 0.29) is 5.44 Å². The summed E-state index contributed by atoms with van der Waals surface area (Å²) in [5.41, 5.74) is 0.474. The van der Waals surface area contributed by atoms with E-state index >= 15 is 0 Å². The number of ether oxygens (including phenoxy) is 1. The van der Waals surface area contributed by atoms with Gasteiger partial charge in [-0.1, -0.05) is 18.3 Å². The quantitative estimate of drug-likeness (QED) is 0.650. The third kappa shape index (κ3) is 2.22. The number of rotatable bonds is 1. The van der Waals surface area contributed by atoms with Crippen molar-refractivity contribution >= 4 is 16.9 Å². The van der Waals surface area contributed by atoms with Crippen LogP contribution in [0.15, 0.2) is 17.1 Å². The summed E-state index contributed by atoms with van der Waals surface area (Å²) < 4.78 is 5.75. The Labute approximate surface area is 105 Å². The Morgan fingerprint density at radius 1 is 1.41 bits per heavy atom. The molecule has 5 atom stereocenters. The lowest BCUT2D eigenvalue weighted by atomic mass is 9.95. The molecule has 2 rings (SSSR count). The van der Waals surface area contributed by atoms with Crippen molar-refractivity contribution in [2.45, 2.75) is 36.7 Å². The average molecular weight is 258 g/mol. The molecular formula is C11H18N2O3S. The number of hydrogen-bond donors (Lipinski definition) is 2. The van der Waals surface area contributed by atoms with Crippen LogP contribution in [0, 0.1) is 0 Å². The number of fused-ring (bicyclic) bond motifs is 1. The molecular weight excluding hydrogens is 240 g/mol. The first-order chi connectivity index (χ1) is 7.91. The Morgan fingerprint density at radius 2 is 2.06 bits per heavy atom. The molecule has 0 aromatic carbocycles. The first kappa shape index (κ1) is 12.9. The van der Waals surface area contributed by atoms with Crippen LogP contribution >= 0.6 is 11.8 Å². The van der Waals surface area contributed by atoms with Crippen molar-refractivity contribution in [3.8, 4) is 0 Å². The van der Waals surface area contributed by atoms with E-state index in [4.69, 9.17) is 4.74 Å². The molecule has 5 nitrogen and oxygen atoms in total. The number of aliphatic hydroxyl groups excluding tert-OH is 2. The van der Waals surface area contributed by atoms with Crippen LogP contribution < -0.4 is 0 Å². The van der Waals surface area contributed by atoms with Crippen LogP contribution in [0.2, 0.25) is 0 Å². The maximum absolute atomic E-state index is 10.1. The zero-order valence-corrected chi connectivity index (χ0v) is 11.0. The molecule has 6 heteroatoms. The molecule has 0 amide bonds. The van der Waals surface area contributed by atoms with Gasteiger partial charge in [-0.15, -0.1) is 0 Å². The number of nitrogens with zero attached hydrogens (tertiary/aromatic N) is 2. The van der Waals surface area contributed by atoms with E-state index in [0.29, 0.717) is 5.57 Å². The molecule has 0 bridgehead atoms. The Bertz CT molecular complexity index is 359. The highest BCUT2D eigenvalue weighted by atomic mass is 32.2. The van der Waals surface area contributed by atoms with Crippen molar-refractivity contribution in [1.82, 2.24) is 4.90 Å². The van der Waals surface area contributed by atoms with E-state index in [1.807, 2.05) is 19.0 Å². The summed E-state index contributed by atoms with van der Waals surface area (Å²) in [6, 6.07) is -0.400. The number of aliphatic hydroxyl groups is 2. The monoisotopic (exact) mass is 258 g/mol. The summed E-state index contributed by atoms with van der Waals surface area (Å²) >= 11 is 1.47. The van der Waals surface area contributed by atoms with Gasteiger partial charge in [0.25, 0.3) is 0 Å². The van der Waals surface area contributed by atoms with Crippen LogP contribution in [-0.2, 0) is 4.74 Å². The Morgan fingerprint density at radius 3 is 2.59 bits per heavy atom. The Hall–Kier alpha value is -0.560. The molecule has 96 valence electrons. The van der Waals surface area contributed by atoms with Gasteiger partial charge in [0.05, 0.1) is 0 Å². The van der Waals surface area contributed by atoms with E-state index in [9.17, 15) is 10.2 Å². The lowest BCUT2D eigenvalue weighted by Gasteiger charge is -2.38. The van der Waals surface area contributed by atoms with Crippen molar-refractivity contribution in [1.29, 1.82) is 0 Å². The molecule has 0 aliphatic carbocycles. The van der Waals surface area contributed by atoms with Crippen LogP contribution in [0.5, 0.6) is 0 Å². The molecule has 2 heterocycles. The molecule has 0 aromatic heterocycles. The second-order valence-electron chi connectivity index (χ2n) is 4.67. The highest BCUT2D eigenvalue weighted by Gasteiger charge is 2.48. The number of thioether (sulfide) groups is 1. The molecule has 1 unspecified atom stereocenters. The van der Waals surface area contributed by atoms with Crippen molar-refractivity contribution in [3.05, 3.63) is 12.2 Å². The van der Waals surface area contributed by atoms with Gasteiger partial charge in [0.15, 0.2) is 5.17 Å². The predicted molar refractivity (Wildman–Crippen MR) is 68.0 cm³/mol. The first-order valence-electron chi connectivity index (χ1n) is 5.50. The second kappa shape index (κ2) is 4.61. The summed E-state index contributed by atoms with van der Waals surface area (Å²) in [5, 5.41) is 20.8. The lowest BCUT2D eigenvalue weighted by Crippen LogP contribution is -2.54. The highest BCUT2D eigenvalue weighted by molar-refractivity contribution is 8.14. The fourth-order valence-electron chi connectivity index (χ4n) is 1.97. The molecule has 1 fully saturated rings. The summed E-state index contributed by atoms with van der Waals surface area (Å²) in [4.78, 5) is 6.25. The van der Waals surface area contributed by atoms with Gasteiger partial charge in [0, 0.05) is 14.1 Å². The predicted octanol–water partition coefficient (Wildman–Crippen LogP) is 0.0422. The van der Waals surface area contributed by atoms with Crippen LogP contribution in [-0.4, -0.2) is 64.2 Å². The van der Waals surface area contributed by atoms with Crippen LogP contribution in [0.3, 0.4) is 0 Å². The molecule has 0 saturated carbocycles. The van der Waals surface area contributed by atoms with Crippen LogP contribution in [0.25, 0.3) is 0 Å². The summed E-state index contributed by atoms with van der Waals surface area (Å²) in [7, 11) is 3.78. The summed E-state index contributed by atoms with van der Waals surface area (Å²) in [6.45, 7) is 5.56. The number of amidine groups is 1.